The number of methoxy groups -OCH3 is 2. The Labute approximate surface area is 71.6 Å². The van der Waals surface area contributed by atoms with E-state index in [9.17, 15) is 13.2 Å². The summed E-state index contributed by atoms with van der Waals surface area (Å²) in [5, 5.41) is 0. The van der Waals surface area contributed by atoms with Gasteiger partial charge in [0.2, 0.25) is 0 Å². The third-order valence-electron chi connectivity index (χ3n) is 1.16. The fourth-order valence-electron chi connectivity index (χ4n) is 0.521. The molecular weight excluding hydrogens is 184 g/mol. The highest BCUT2D eigenvalue weighted by Gasteiger charge is 2.16. The van der Waals surface area contributed by atoms with Crippen LogP contribution < -0.4 is 0 Å². The summed E-state index contributed by atoms with van der Waals surface area (Å²) in [6.45, 7) is 0.0966. The molecule has 0 spiro atoms. The zero-order valence-electron chi connectivity index (χ0n) is 7.07. The quantitative estimate of drug-likeness (QED) is 0.539. The third kappa shape index (κ3) is 5.09. The zero-order chi connectivity index (χ0) is 9.61. The molecule has 6 heteroatoms. The molecule has 0 aliphatic rings. The molecule has 0 aromatic carbocycles. The van der Waals surface area contributed by atoms with Crippen molar-refractivity contribution in [3.05, 3.63) is 0 Å². The lowest BCUT2D eigenvalue weighted by atomic mass is 10.8. The van der Waals surface area contributed by atoms with Crippen LogP contribution >= 0.6 is 0 Å². The molecule has 5 nitrogen and oxygen atoms in total. The van der Waals surface area contributed by atoms with Crippen LogP contribution in [0, 0.1) is 0 Å². The third-order valence-corrected chi connectivity index (χ3v) is 2.63. The van der Waals surface area contributed by atoms with Gasteiger partial charge < -0.3 is 9.47 Å². The molecule has 0 saturated heterocycles. The number of ether oxygens (including phenoxy) is 2. The highest BCUT2D eigenvalue weighted by atomic mass is 32.2. The van der Waals surface area contributed by atoms with E-state index < -0.39 is 21.6 Å². The second-order valence-corrected chi connectivity index (χ2v) is 4.35. The maximum atomic E-state index is 11.0. The Morgan fingerprint density at radius 2 is 1.92 bits per heavy atom. The van der Waals surface area contributed by atoms with E-state index in [-0.39, 0.29) is 12.4 Å². The molecule has 0 N–H and O–H groups in total. The number of hydrogen-bond acceptors (Lipinski definition) is 5. The first kappa shape index (κ1) is 11.4. The average molecular weight is 196 g/mol. The van der Waals surface area contributed by atoms with E-state index in [1.165, 1.54) is 7.11 Å². The standard InChI is InChI=1S/C6H12O5S/c1-10-3-4-12(8,9)5-6(7)11-2/h3-5H2,1-2H3. The van der Waals surface area contributed by atoms with Crippen LogP contribution in [0.4, 0.5) is 0 Å². The molecule has 72 valence electrons. The monoisotopic (exact) mass is 196 g/mol. The average Bonchev–Trinajstić information content (AvgIpc) is 2.00. The smallest absolute Gasteiger partial charge is 0.320 e. The first-order valence-corrected chi connectivity index (χ1v) is 5.10. The largest absolute Gasteiger partial charge is 0.468 e. The van der Waals surface area contributed by atoms with Crippen LogP contribution in [0.15, 0.2) is 0 Å². The van der Waals surface area contributed by atoms with Crippen molar-refractivity contribution in [2.45, 2.75) is 0 Å². The van der Waals surface area contributed by atoms with Crippen LogP contribution in [0.25, 0.3) is 0 Å². The number of carbonyl (C=O) groups excluding carboxylic acids is 1. The minimum absolute atomic E-state index is 0.0966. The highest BCUT2D eigenvalue weighted by Crippen LogP contribution is 1.91. The molecule has 0 rings (SSSR count). The van der Waals surface area contributed by atoms with Crippen molar-refractivity contribution in [2.75, 3.05) is 32.3 Å². The van der Waals surface area contributed by atoms with Crippen LogP contribution in [0.5, 0.6) is 0 Å². The van der Waals surface area contributed by atoms with Gasteiger partial charge in [0.1, 0.15) is 5.75 Å². The van der Waals surface area contributed by atoms with Crippen molar-refractivity contribution in [3.8, 4) is 0 Å². The van der Waals surface area contributed by atoms with Crippen LogP contribution in [0.3, 0.4) is 0 Å². The molecule has 12 heavy (non-hydrogen) atoms. The maximum Gasteiger partial charge on any atom is 0.320 e. The van der Waals surface area contributed by atoms with Crippen LogP contribution in [-0.4, -0.2) is 46.7 Å². The number of esters is 1. The van der Waals surface area contributed by atoms with Crippen LogP contribution in [0.1, 0.15) is 0 Å². The zero-order valence-corrected chi connectivity index (χ0v) is 7.89. The summed E-state index contributed by atoms with van der Waals surface area (Å²) in [5.74, 6) is -1.48. The van der Waals surface area contributed by atoms with Gasteiger partial charge >= 0.3 is 5.97 Å². The topological polar surface area (TPSA) is 69.7 Å². The normalized spacial score (nSPS) is 11.2. The number of hydrogen-bond donors (Lipinski definition) is 0. The predicted molar refractivity (Wildman–Crippen MR) is 42.5 cm³/mol. The van der Waals surface area contributed by atoms with E-state index in [1.54, 1.807) is 0 Å². The second kappa shape index (κ2) is 5.10. The van der Waals surface area contributed by atoms with E-state index in [0.717, 1.165) is 7.11 Å². The molecule has 0 bridgehead atoms. The van der Waals surface area contributed by atoms with Gasteiger partial charge in [0.15, 0.2) is 9.84 Å². The Bertz CT molecular complexity index is 230. The fourth-order valence-corrected chi connectivity index (χ4v) is 1.56. The van der Waals surface area contributed by atoms with Crippen LogP contribution in [0.2, 0.25) is 0 Å². The van der Waals surface area contributed by atoms with Gasteiger partial charge in [-0.15, -0.1) is 0 Å². The van der Waals surface area contributed by atoms with Crippen molar-refractivity contribution in [2.24, 2.45) is 0 Å². The molecule has 0 saturated carbocycles. The number of sulfone groups is 1. The molecule has 0 radical (unpaired) electrons. The Hall–Kier alpha value is -0.620. The second-order valence-electron chi connectivity index (χ2n) is 2.16. The van der Waals surface area contributed by atoms with Gasteiger partial charge in [-0.1, -0.05) is 0 Å². The van der Waals surface area contributed by atoms with E-state index in [2.05, 4.69) is 9.47 Å². The molecule has 0 heterocycles. The minimum Gasteiger partial charge on any atom is -0.468 e. The lowest BCUT2D eigenvalue weighted by Crippen LogP contribution is -2.21. The predicted octanol–water partition coefficient (Wildman–Crippen LogP) is -0.779. The van der Waals surface area contributed by atoms with E-state index in [1.807, 2.05) is 0 Å². The molecule has 0 aromatic heterocycles. The van der Waals surface area contributed by atoms with Gasteiger partial charge in [-0.05, 0) is 0 Å². The Kier molecular flexibility index (Phi) is 4.84. The van der Waals surface area contributed by atoms with E-state index in [0.29, 0.717) is 0 Å². The molecule has 0 aliphatic carbocycles. The molecule has 0 aliphatic heterocycles. The highest BCUT2D eigenvalue weighted by molar-refractivity contribution is 7.92. The van der Waals surface area contributed by atoms with Crippen LogP contribution in [-0.2, 0) is 24.1 Å². The van der Waals surface area contributed by atoms with Crippen molar-refractivity contribution in [3.63, 3.8) is 0 Å². The van der Waals surface area contributed by atoms with Crippen molar-refractivity contribution in [1.82, 2.24) is 0 Å². The minimum atomic E-state index is -3.35. The summed E-state index contributed by atoms with van der Waals surface area (Å²) >= 11 is 0. The molecule has 0 fully saturated rings. The Morgan fingerprint density at radius 1 is 1.33 bits per heavy atom. The summed E-state index contributed by atoms with van der Waals surface area (Å²) in [5.41, 5.74) is 0. The first-order chi connectivity index (χ1) is 5.52. The van der Waals surface area contributed by atoms with Crippen molar-refractivity contribution < 1.29 is 22.7 Å². The summed E-state index contributed by atoms with van der Waals surface area (Å²) < 4.78 is 30.7. The van der Waals surface area contributed by atoms with Gasteiger partial charge in [0.05, 0.1) is 19.5 Å². The van der Waals surface area contributed by atoms with Gasteiger partial charge in [0, 0.05) is 7.11 Å². The van der Waals surface area contributed by atoms with Gasteiger partial charge in [-0.2, -0.15) is 0 Å². The number of carbonyl (C=O) groups is 1. The van der Waals surface area contributed by atoms with Crippen molar-refractivity contribution >= 4 is 15.8 Å². The Balaban J connectivity index is 3.96. The maximum absolute atomic E-state index is 11.0. The fraction of sp³-hybridized carbons (Fsp3) is 0.833. The van der Waals surface area contributed by atoms with E-state index >= 15 is 0 Å². The molecule has 0 amide bonds. The summed E-state index contributed by atoms with van der Waals surface area (Å²) in [7, 11) is -0.811. The summed E-state index contributed by atoms with van der Waals surface area (Å²) in [6, 6.07) is 0. The molecule has 0 atom stereocenters. The van der Waals surface area contributed by atoms with Gasteiger partial charge in [0.25, 0.3) is 0 Å². The van der Waals surface area contributed by atoms with Gasteiger partial charge in [-0.25, -0.2) is 8.42 Å². The van der Waals surface area contributed by atoms with Gasteiger partial charge in [-0.3, -0.25) is 4.79 Å². The Morgan fingerprint density at radius 3 is 2.33 bits per heavy atom. The first-order valence-electron chi connectivity index (χ1n) is 3.28. The van der Waals surface area contributed by atoms with Crippen molar-refractivity contribution in [1.29, 1.82) is 0 Å². The lowest BCUT2D eigenvalue weighted by Gasteiger charge is -2.01. The van der Waals surface area contributed by atoms with E-state index in [4.69, 9.17) is 0 Å². The number of rotatable bonds is 5. The molecule has 0 aromatic rings. The molecule has 0 unspecified atom stereocenters. The molecular formula is C6H12O5S. The lowest BCUT2D eigenvalue weighted by molar-refractivity contribution is -0.137. The SMILES string of the molecule is COCCS(=O)(=O)CC(=O)OC. The summed E-state index contributed by atoms with van der Waals surface area (Å²) in [4.78, 5) is 10.5. The summed E-state index contributed by atoms with van der Waals surface area (Å²) in [6.07, 6.45) is 0.